The number of imidazole rings is 1. The third-order valence-electron chi connectivity index (χ3n) is 10.7. The first-order valence-corrected chi connectivity index (χ1v) is 20.9. The number of hydrogen-bond acceptors (Lipinski definition) is 11. The van der Waals surface area contributed by atoms with Gasteiger partial charge in [-0.3, -0.25) is 38.6 Å². The van der Waals surface area contributed by atoms with E-state index in [4.69, 9.17) is 21.9 Å². The summed E-state index contributed by atoms with van der Waals surface area (Å²) >= 11 is 0. The fraction of sp³-hybridized carbons (Fsp3) is 0.585. The van der Waals surface area contributed by atoms with Crippen molar-refractivity contribution in [1.82, 2.24) is 46.8 Å². The van der Waals surface area contributed by atoms with Gasteiger partial charge in [-0.25, -0.2) is 4.98 Å². The number of H-pyrrole nitrogens is 1. The van der Waals surface area contributed by atoms with Gasteiger partial charge in [0.05, 0.1) is 20.0 Å². The van der Waals surface area contributed by atoms with E-state index in [9.17, 15) is 33.6 Å². The van der Waals surface area contributed by atoms with Gasteiger partial charge in [-0.05, 0) is 62.3 Å². The quantitative estimate of drug-likeness (QED) is 0.0297. The van der Waals surface area contributed by atoms with Crippen molar-refractivity contribution in [3.8, 4) is 5.75 Å². The molecule has 1 aliphatic rings. The van der Waals surface area contributed by atoms with Crippen molar-refractivity contribution in [3.05, 3.63) is 48.0 Å². The molecule has 0 aliphatic carbocycles. The van der Waals surface area contributed by atoms with Gasteiger partial charge < -0.3 is 63.7 Å². The summed E-state index contributed by atoms with van der Waals surface area (Å²) in [5.74, 6) is -4.76. The number of methoxy groups -OCH3 is 1. The Morgan fingerprint density at radius 2 is 1.52 bits per heavy atom. The van der Waals surface area contributed by atoms with Crippen LogP contribution in [0.25, 0.3) is 0 Å². The zero-order chi connectivity index (χ0) is 45.9. The number of aliphatic imine (C=N–C) groups is 1. The predicted octanol–water partition coefficient (Wildman–Crippen LogP) is -1.92. The molecular weight excluding hydrogens is 803 g/mol. The number of rotatable bonds is 25. The second kappa shape index (κ2) is 24.9. The zero-order valence-electron chi connectivity index (χ0n) is 36.5. The first-order valence-electron chi connectivity index (χ1n) is 20.9. The minimum Gasteiger partial charge on any atom is -0.497 e. The van der Waals surface area contributed by atoms with Crippen molar-refractivity contribution < 1.29 is 38.3 Å². The van der Waals surface area contributed by atoms with Crippen LogP contribution in [-0.2, 0) is 46.4 Å². The Hall–Kier alpha value is -6.25. The van der Waals surface area contributed by atoms with Crippen LogP contribution in [0, 0.1) is 11.8 Å². The number of nitrogens with zero attached hydrogens (tertiary/aromatic N) is 3. The van der Waals surface area contributed by atoms with Gasteiger partial charge in [0.2, 0.25) is 41.4 Å². The number of amides is 7. The molecule has 0 bridgehead atoms. The maximum atomic E-state index is 14.4. The van der Waals surface area contributed by atoms with Gasteiger partial charge in [0.25, 0.3) is 0 Å². The Balaban J connectivity index is 1.91. The Morgan fingerprint density at radius 1 is 0.871 bits per heavy atom. The predicted molar refractivity (Wildman–Crippen MR) is 231 cm³/mol. The highest BCUT2D eigenvalue weighted by molar-refractivity contribution is 5.97. The summed E-state index contributed by atoms with van der Waals surface area (Å²) in [6.45, 7) is 7.47. The summed E-state index contributed by atoms with van der Waals surface area (Å²) in [7, 11) is 3.10. The number of guanidine groups is 1. The molecule has 1 aliphatic heterocycles. The van der Waals surface area contributed by atoms with E-state index in [2.05, 4.69) is 46.9 Å². The summed E-state index contributed by atoms with van der Waals surface area (Å²) in [6, 6.07) is 0.268. The third-order valence-corrected chi connectivity index (χ3v) is 10.7. The average molecular weight is 868 g/mol. The number of benzene rings is 1. The second-order valence-electron chi connectivity index (χ2n) is 15.7. The van der Waals surface area contributed by atoms with Crippen LogP contribution >= 0.6 is 0 Å². The summed E-state index contributed by atoms with van der Waals surface area (Å²) in [5.41, 5.74) is 17.7. The molecule has 2 heterocycles. The van der Waals surface area contributed by atoms with Crippen LogP contribution in [0.1, 0.15) is 71.1 Å². The Kier molecular flexibility index (Phi) is 20.1. The van der Waals surface area contributed by atoms with Gasteiger partial charge in [0, 0.05) is 37.8 Å². The number of likely N-dealkylation sites (tertiary alicyclic amines) is 1. The number of aromatic nitrogens is 2. The highest BCUT2D eigenvalue weighted by Gasteiger charge is 2.39. The summed E-state index contributed by atoms with van der Waals surface area (Å²) in [5, 5.41) is 16.6. The molecule has 3 rings (SSSR count). The zero-order valence-corrected chi connectivity index (χ0v) is 36.5. The molecule has 13 N–H and O–H groups in total. The fourth-order valence-corrected chi connectivity index (χ4v) is 7.00. The number of ether oxygens (including phenoxy) is 1. The number of nitrogens with one attached hydrogen (secondary N) is 7. The minimum absolute atomic E-state index is 0.0164. The second-order valence-corrected chi connectivity index (χ2v) is 15.7. The molecule has 62 heavy (non-hydrogen) atoms. The lowest BCUT2D eigenvalue weighted by Gasteiger charge is -2.31. The van der Waals surface area contributed by atoms with E-state index in [0.29, 0.717) is 42.7 Å². The molecule has 21 heteroatoms. The van der Waals surface area contributed by atoms with E-state index < -0.39 is 89.4 Å². The van der Waals surface area contributed by atoms with E-state index in [0.717, 1.165) is 0 Å². The summed E-state index contributed by atoms with van der Waals surface area (Å²) in [4.78, 5) is 107. The highest BCUT2D eigenvalue weighted by atomic mass is 16.5. The molecule has 342 valence electrons. The first kappa shape index (κ1) is 50.1. The van der Waals surface area contributed by atoms with Crippen LogP contribution in [0.2, 0.25) is 0 Å². The topological polar surface area (TPSA) is 323 Å². The smallest absolute Gasteiger partial charge is 0.246 e. The van der Waals surface area contributed by atoms with Crippen LogP contribution in [0.15, 0.2) is 41.8 Å². The summed E-state index contributed by atoms with van der Waals surface area (Å²) in [6.07, 6.45) is 4.86. The number of nitrogens with two attached hydrogens (primary N) is 3. The molecular formula is C41H65N13O8. The first-order chi connectivity index (χ1) is 29.5. The van der Waals surface area contributed by atoms with E-state index in [1.54, 1.807) is 52.1 Å². The minimum atomic E-state index is -1.26. The molecule has 0 spiro atoms. The van der Waals surface area contributed by atoms with Crippen LogP contribution in [0.5, 0.6) is 5.75 Å². The van der Waals surface area contributed by atoms with Gasteiger partial charge in [-0.15, -0.1) is 0 Å². The molecule has 2 aromatic rings. The van der Waals surface area contributed by atoms with E-state index in [1.165, 1.54) is 24.5 Å². The number of primary amides is 1. The molecule has 1 fully saturated rings. The Labute approximate surface area is 362 Å². The normalized spacial score (nSPS) is 16.4. The van der Waals surface area contributed by atoms with Crippen molar-refractivity contribution >= 4 is 47.3 Å². The van der Waals surface area contributed by atoms with Crippen LogP contribution in [0.4, 0.5) is 0 Å². The summed E-state index contributed by atoms with van der Waals surface area (Å²) < 4.78 is 5.29. The van der Waals surface area contributed by atoms with Gasteiger partial charge >= 0.3 is 0 Å². The number of likely N-dealkylation sites (N-methyl/N-ethyl adjacent to an activating group) is 1. The molecule has 1 aromatic heterocycles. The van der Waals surface area contributed by atoms with E-state index in [-0.39, 0.29) is 44.9 Å². The van der Waals surface area contributed by atoms with Crippen molar-refractivity contribution in [2.75, 3.05) is 33.8 Å². The molecule has 0 saturated carbocycles. The fourth-order valence-electron chi connectivity index (χ4n) is 7.00. The molecule has 1 saturated heterocycles. The SMILES string of the molecule is CC[C@H](C)[C@H](NC(=O)[C@H](Cc1ccc(OC)cc1)NC(=O)[C@@H](NC(=O)[C@H](CCCN=C(N)N)NC(=O)CNC)C(C)C)C(=O)N[C@@H](Cc1cnc[nH]1)C(=O)N1CCC[C@H]1C(N)=O. The van der Waals surface area contributed by atoms with Crippen molar-refractivity contribution in [3.63, 3.8) is 0 Å². The van der Waals surface area contributed by atoms with Crippen molar-refractivity contribution in [2.45, 2.75) is 109 Å². The van der Waals surface area contributed by atoms with Gasteiger partial charge in [-0.2, -0.15) is 0 Å². The molecule has 1 aromatic carbocycles. The molecule has 7 atom stereocenters. The monoisotopic (exact) mass is 868 g/mol. The van der Waals surface area contributed by atoms with Gasteiger partial charge in [-0.1, -0.05) is 46.2 Å². The lowest BCUT2D eigenvalue weighted by atomic mass is 9.96. The molecule has 0 unspecified atom stereocenters. The van der Waals surface area contributed by atoms with Gasteiger partial charge in [0.1, 0.15) is 42.0 Å². The molecule has 0 radical (unpaired) electrons. The maximum Gasteiger partial charge on any atom is 0.246 e. The van der Waals surface area contributed by atoms with Crippen LogP contribution < -0.4 is 53.8 Å². The lowest BCUT2D eigenvalue weighted by Crippen LogP contribution is -2.61. The largest absolute Gasteiger partial charge is 0.497 e. The van der Waals surface area contributed by atoms with E-state index >= 15 is 0 Å². The number of aromatic amines is 1. The maximum absolute atomic E-state index is 14.4. The number of carbonyl (C=O) groups is 7. The van der Waals surface area contributed by atoms with Crippen molar-refractivity contribution in [1.29, 1.82) is 0 Å². The number of carbonyl (C=O) groups excluding carboxylic acids is 7. The van der Waals surface area contributed by atoms with Crippen molar-refractivity contribution in [2.24, 2.45) is 34.0 Å². The number of hydrogen-bond donors (Lipinski definition) is 10. The molecule has 21 nitrogen and oxygen atoms in total. The van der Waals surface area contributed by atoms with E-state index in [1.807, 2.05) is 6.92 Å². The molecule has 7 amide bonds. The lowest BCUT2D eigenvalue weighted by molar-refractivity contribution is -0.141. The third kappa shape index (κ3) is 15.3. The average Bonchev–Trinajstić information content (AvgIpc) is 3.95. The van der Waals surface area contributed by atoms with Crippen LogP contribution in [0.3, 0.4) is 0 Å². The Bertz CT molecular complexity index is 1840. The Morgan fingerprint density at radius 3 is 2.10 bits per heavy atom. The van der Waals surface area contributed by atoms with Gasteiger partial charge in [0.15, 0.2) is 5.96 Å². The standard InChI is InChI=1S/C41H65N13O8/c1-7-24(4)34(39(60)51-30(19-26-20-46-22-48-26)40(61)54-17-9-11-31(54)35(42)56)53-37(58)29(18-25-12-14-27(62-6)15-13-25)50-38(59)33(23(2)3)52-36(57)28(49-32(55)21-45-5)10-8-16-47-41(43)44/h12-15,20,22-24,28-31,33-34,45H,7-11,16-19,21H2,1-6H3,(H2,42,56)(H,46,48)(H,49,55)(H,50,59)(H,51,60)(H,52,57)(H,53,58)(H4,43,44,47)/t24-,28-,29-,30-,31-,33-,34-/m0/s1. The van der Waals surface area contributed by atoms with Crippen LogP contribution in [-0.4, -0.2) is 132 Å². The highest BCUT2D eigenvalue weighted by Crippen LogP contribution is 2.20.